The largest absolute Gasteiger partial charge is 0.338 e. The molecule has 0 bridgehead atoms. The first-order valence-electron chi connectivity index (χ1n) is 7.76. The van der Waals surface area contributed by atoms with Gasteiger partial charge < -0.3 is 10.6 Å². The molecule has 2 rings (SSSR count). The van der Waals surface area contributed by atoms with Crippen LogP contribution >= 0.6 is 11.6 Å². The van der Waals surface area contributed by atoms with Crippen LogP contribution in [0.1, 0.15) is 29.4 Å². The standard InChI is InChI=1S/C17H23ClN4O/c1-5-22-13(4)14(12(3)21-22)9-10-19-17(23)20-16-8-6-7-15(18)11(16)2/h6-8H,5,9-10H2,1-4H3,(H2,19,20,23). The highest BCUT2D eigenvalue weighted by atomic mass is 35.5. The first kappa shape index (κ1) is 17.3. The first-order chi connectivity index (χ1) is 10.9. The number of urea groups is 1. The molecule has 23 heavy (non-hydrogen) atoms. The second kappa shape index (κ2) is 7.51. The highest BCUT2D eigenvalue weighted by Crippen LogP contribution is 2.22. The van der Waals surface area contributed by atoms with E-state index in [4.69, 9.17) is 11.6 Å². The van der Waals surface area contributed by atoms with E-state index in [0.29, 0.717) is 11.6 Å². The van der Waals surface area contributed by atoms with Gasteiger partial charge in [0.05, 0.1) is 5.69 Å². The van der Waals surface area contributed by atoms with Crippen molar-refractivity contribution in [1.82, 2.24) is 15.1 Å². The molecule has 124 valence electrons. The molecular formula is C17H23ClN4O. The fourth-order valence-corrected chi connectivity index (χ4v) is 2.79. The van der Waals surface area contributed by atoms with Crippen LogP contribution in [0.5, 0.6) is 0 Å². The monoisotopic (exact) mass is 334 g/mol. The molecule has 0 aliphatic rings. The Morgan fingerprint density at radius 2 is 2.04 bits per heavy atom. The Morgan fingerprint density at radius 3 is 2.70 bits per heavy atom. The zero-order valence-electron chi connectivity index (χ0n) is 14.0. The van der Waals surface area contributed by atoms with Gasteiger partial charge in [0.1, 0.15) is 0 Å². The molecule has 0 aliphatic heterocycles. The lowest BCUT2D eigenvalue weighted by Gasteiger charge is -2.11. The van der Waals surface area contributed by atoms with Crippen molar-refractivity contribution in [2.24, 2.45) is 0 Å². The summed E-state index contributed by atoms with van der Waals surface area (Å²) in [5.74, 6) is 0. The fraction of sp³-hybridized carbons (Fsp3) is 0.412. The third-order valence-corrected chi connectivity index (χ3v) is 4.42. The van der Waals surface area contributed by atoms with Crippen molar-refractivity contribution in [2.75, 3.05) is 11.9 Å². The predicted octanol–water partition coefficient (Wildman–Crippen LogP) is 3.85. The van der Waals surface area contributed by atoms with Gasteiger partial charge >= 0.3 is 6.03 Å². The number of benzene rings is 1. The van der Waals surface area contributed by atoms with Gasteiger partial charge in [-0.25, -0.2) is 4.79 Å². The Hall–Kier alpha value is -2.01. The summed E-state index contributed by atoms with van der Waals surface area (Å²) in [5, 5.41) is 10.8. The molecule has 2 aromatic rings. The number of anilines is 1. The molecule has 0 aliphatic carbocycles. The zero-order chi connectivity index (χ0) is 17.0. The smallest absolute Gasteiger partial charge is 0.319 e. The lowest BCUT2D eigenvalue weighted by Crippen LogP contribution is -2.30. The number of hydrogen-bond acceptors (Lipinski definition) is 2. The van der Waals surface area contributed by atoms with Crippen LogP contribution in [-0.4, -0.2) is 22.4 Å². The van der Waals surface area contributed by atoms with Gasteiger partial charge in [-0.15, -0.1) is 0 Å². The van der Waals surface area contributed by atoms with Crippen molar-refractivity contribution in [1.29, 1.82) is 0 Å². The summed E-state index contributed by atoms with van der Waals surface area (Å²) in [6, 6.07) is 5.22. The van der Waals surface area contributed by atoms with Crippen LogP contribution in [0.4, 0.5) is 10.5 Å². The highest BCUT2D eigenvalue weighted by Gasteiger charge is 2.11. The Bertz CT molecular complexity index is 709. The molecule has 0 spiro atoms. The molecule has 1 aromatic heterocycles. The molecule has 1 aromatic carbocycles. The van der Waals surface area contributed by atoms with Gasteiger partial charge in [0, 0.05) is 29.5 Å². The van der Waals surface area contributed by atoms with E-state index in [-0.39, 0.29) is 6.03 Å². The third kappa shape index (κ3) is 4.05. The normalized spacial score (nSPS) is 10.7. The van der Waals surface area contributed by atoms with Crippen LogP contribution < -0.4 is 10.6 Å². The lowest BCUT2D eigenvalue weighted by atomic mass is 10.1. The number of aryl methyl sites for hydroxylation is 2. The molecule has 0 saturated carbocycles. The molecule has 0 atom stereocenters. The molecule has 0 radical (unpaired) electrons. The molecule has 6 heteroatoms. The van der Waals surface area contributed by atoms with Gasteiger partial charge in [-0.2, -0.15) is 5.10 Å². The average molecular weight is 335 g/mol. The number of carbonyl (C=O) groups excluding carboxylic acids is 1. The Balaban J connectivity index is 1.90. The minimum absolute atomic E-state index is 0.228. The van der Waals surface area contributed by atoms with Crippen molar-refractivity contribution in [3.8, 4) is 0 Å². The molecule has 2 amide bonds. The molecular weight excluding hydrogens is 312 g/mol. The number of amides is 2. The quantitative estimate of drug-likeness (QED) is 0.872. The van der Waals surface area contributed by atoms with E-state index in [0.717, 1.165) is 35.6 Å². The van der Waals surface area contributed by atoms with Crippen molar-refractivity contribution in [3.05, 3.63) is 45.7 Å². The minimum atomic E-state index is -0.228. The number of hydrogen-bond donors (Lipinski definition) is 2. The van der Waals surface area contributed by atoms with Crippen LogP contribution in [-0.2, 0) is 13.0 Å². The molecule has 2 N–H and O–H groups in total. The van der Waals surface area contributed by atoms with E-state index in [1.807, 2.05) is 30.7 Å². The fourth-order valence-electron chi connectivity index (χ4n) is 2.61. The summed E-state index contributed by atoms with van der Waals surface area (Å²) >= 11 is 6.05. The van der Waals surface area contributed by atoms with Crippen LogP contribution in [0.15, 0.2) is 18.2 Å². The molecule has 0 saturated heterocycles. The number of halogens is 1. The Morgan fingerprint density at radius 1 is 1.30 bits per heavy atom. The average Bonchev–Trinajstić information content (AvgIpc) is 2.79. The third-order valence-electron chi connectivity index (χ3n) is 4.01. The number of rotatable bonds is 5. The van der Waals surface area contributed by atoms with Crippen LogP contribution in [0, 0.1) is 20.8 Å². The van der Waals surface area contributed by atoms with Gasteiger partial charge in [0.2, 0.25) is 0 Å². The highest BCUT2D eigenvalue weighted by molar-refractivity contribution is 6.31. The summed E-state index contributed by atoms with van der Waals surface area (Å²) in [6.07, 6.45) is 0.764. The van der Waals surface area contributed by atoms with Crippen molar-refractivity contribution in [3.63, 3.8) is 0 Å². The van der Waals surface area contributed by atoms with Gasteiger partial charge in [0.15, 0.2) is 0 Å². The second-order valence-corrected chi connectivity index (χ2v) is 5.92. The van der Waals surface area contributed by atoms with Crippen molar-refractivity contribution < 1.29 is 4.79 Å². The molecule has 0 unspecified atom stereocenters. The lowest BCUT2D eigenvalue weighted by molar-refractivity contribution is 0.252. The first-order valence-corrected chi connectivity index (χ1v) is 8.14. The van der Waals surface area contributed by atoms with Gasteiger partial charge in [0.25, 0.3) is 0 Å². The Labute approximate surface area is 142 Å². The van der Waals surface area contributed by atoms with E-state index in [1.54, 1.807) is 6.07 Å². The predicted molar refractivity (Wildman–Crippen MR) is 94.3 cm³/mol. The second-order valence-electron chi connectivity index (χ2n) is 5.51. The zero-order valence-corrected chi connectivity index (χ0v) is 14.8. The van der Waals surface area contributed by atoms with E-state index in [1.165, 1.54) is 5.56 Å². The van der Waals surface area contributed by atoms with E-state index >= 15 is 0 Å². The topological polar surface area (TPSA) is 59.0 Å². The summed E-state index contributed by atoms with van der Waals surface area (Å²) < 4.78 is 1.99. The van der Waals surface area contributed by atoms with Crippen LogP contribution in [0.3, 0.4) is 0 Å². The number of nitrogens with zero attached hydrogens (tertiary/aromatic N) is 2. The minimum Gasteiger partial charge on any atom is -0.338 e. The van der Waals surface area contributed by atoms with Gasteiger partial charge in [-0.05, 0) is 57.4 Å². The maximum atomic E-state index is 12.0. The number of carbonyl (C=O) groups is 1. The SMILES string of the molecule is CCn1nc(C)c(CCNC(=O)Nc2cccc(Cl)c2C)c1C. The van der Waals surface area contributed by atoms with E-state index in [2.05, 4.69) is 29.6 Å². The maximum Gasteiger partial charge on any atom is 0.319 e. The summed E-state index contributed by atoms with van der Waals surface area (Å²) in [4.78, 5) is 12.0. The van der Waals surface area contributed by atoms with Gasteiger partial charge in [-0.3, -0.25) is 4.68 Å². The number of nitrogens with one attached hydrogen (secondary N) is 2. The summed E-state index contributed by atoms with van der Waals surface area (Å²) in [6.45, 7) is 9.43. The van der Waals surface area contributed by atoms with E-state index < -0.39 is 0 Å². The van der Waals surface area contributed by atoms with Crippen molar-refractivity contribution >= 4 is 23.3 Å². The van der Waals surface area contributed by atoms with Crippen LogP contribution in [0.2, 0.25) is 5.02 Å². The van der Waals surface area contributed by atoms with E-state index in [9.17, 15) is 4.79 Å². The van der Waals surface area contributed by atoms with Crippen LogP contribution in [0.25, 0.3) is 0 Å². The maximum absolute atomic E-state index is 12.0. The summed E-state index contributed by atoms with van der Waals surface area (Å²) in [7, 11) is 0. The molecule has 5 nitrogen and oxygen atoms in total. The van der Waals surface area contributed by atoms with Gasteiger partial charge in [-0.1, -0.05) is 17.7 Å². The van der Waals surface area contributed by atoms with Crippen molar-refractivity contribution in [2.45, 2.75) is 40.7 Å². The number of aromatic nitrogens is 2. The summed E-state index contributed by atoms with van der Waals surface area (Å²) in [5.41, 5.74) is 4.97. The molecule has 0 fully saturated rings. The Kier molecular flexibility index (Phi) is 5.66. The molecule has 1 heterocycles.